The van der Waals surface area contributed by atoms with Crippen LogP contribution in [0.15, 0.2) is 84.9 Å². The molecule has 4 heteroatoms. The van der Waals surface area contributed by atoms with Gasteiger partial charge in [0.1, 0.15) is 0 Å². The van der Waals surface area contributed by atoms with Gasteiger partial charge in [-0.25, -0.2) is 0 Å². The van der Waals surface area contributed by atoms with Gasteiger partial charge < -0.3 is 10.5 Å². The molecule has 1 saturated heterocycles. The van der Waals surface area contributed by atoms with Crippen LogP contribution < -0.4 is 16.1 Å². The molecule has 0 spiro atoms. The van der Waals surface area contributed by atoms with E-state index in [1.165, 1.54) is 10.4 Å². The second-order valence-corrected chi connectivity index (χ2v) is 15.3. The molecule has 172 valence electrons. The van der Waals surface area contributed by atoms with Gasteiger partial charge in [-0.05, 0) is 35.9 Å². The lowest BCUT2D eigenvalue weighted by molar-refractivity contribution is -0.0262. The standard InChI is InChI=1S/C29H35NO2Si/c1-28(2,3)33(24-15-6-4-7-16-24,25-17-8-5-9-18-25)29(20-12-13-21-32-29)22-23-14-10-11-19-26(23)27(30)31/h4-11,14-19H,12-13,20-22H2,1-3H3,(H2,30,31). The maximum absolute atomic E-state index is 12.3. The Morgan fingerprint density at radius 1 is 0.879 bits per heavy atom. The average molecular weight is 458 g/mol. The molecule has 4 rings (SSSR count). The van der Waals surface area contributed by atoms with Crippen molar-refractivity contribution in [2.24, 2.45) is 5.73 Å². The van der Waals surface area contributed by atoms with Crippen LogP contribution in [0.1, 0.15) is 56.0 Å². The van der Waals surface area contributed by atoms with E-state index in [2.05, 4.69) is 87.5 Å². The maximum atomic E-state index is 12.3. The average Bonchev–Trinajstić information content (AvgIpc) is 2.81. The minimum Gasteiger partial charge on any atom is -0.377 e. The molecule has 1 amide bonds. The summed E-state index contributed by atoms with van der Waals surface area (Å²) in [4.78, 5) is 12.3. The summed E-state index contributed by atoms with van der Waals surface area (Å²) >= 11 is 0. The van der Waals surface area contributed by atoms with Crippen LogP contribution in [0, 0.1) is 0 Å². The van der Waals surface area contributed by atoms with Gasteiger partial charge in [-0.3, -0.25) is 4.79 Å². The van der Waals surface area contributed by atoms with Crippen molar-refractivity contribution in [1.29, 1.82) is 0 Å². The topological polar surface area (TPSA) is 52.3 Å². The van der Waals surface area contributed by atoms with Crippen molar-refractivity contribution in [2.75, 3.05) is 6.61 Å². The molecule has 1 unspecified atom stereocenters. The fourth-order valence-electron chi connectivity index (χ4n) is 6.26. The second-order valence-electron chi connectivity index (χ2n) is 10.2. The highest BCUT2D eigenvalue weighted by molar-refractivity contribution is 7.06. The molecule has 1 atom stereocenters. The molecular weight excluding hydrogens is 422 g/mol. The van der Waals surface area contributed by atoms with Crippen LogP contribution in [-0.2, 0) is 11.2 Å². The van der Waals surface area contributed by atoms with Gasteiger partial charge >= 0.3 is 0 Å². The quantitative estimate of drug-likeness (QED) is 0.537. The Balaban J connectivity index is 2.05. The van der Waals surface area contributed by atoms with Crippen LogP contribution in [0.5, 0.6) is 0 Å². The van der Waals surface area contributed by atoms with Crippen LogP contribution in [0.2, 0.25) is 5.04 Å². The fourth-order valence-corrected chi connectivity index (χ4v) is 13.5. The lowest BCUT2D eigenvalue weighted by atomic mass is 9.96. The SMILES string of the molecule is CC(C)(C)[Si](c1ccccc1)(c1ccccc1)C1(Cc2ccccc2C(N)=O)CCCCO1. The molecule has 3 aromatic rings. The van der Waals surface area contributed by atoms with E-state index in [9.17, 15) is 4.79 Å². The summed E-state index contributed by atoms with van der Waals surface area (Å²) < 4.78 is 7.01. The Labute approximate surface area is 199 Å². The number of ether oxygens (including phenoxy) is 1. The third-order valence-corrected chi connectivity index (χ3v) is 13.9. The summed E-state index contributed by atoms with van der Waals surface area (Å²) in [6.07, 6.45) is 3.83. The highest BCUT2D eigenvalue weighted by atomic mass is 28.3. The first kappa shape index (κ1) is 23.5. The number of rotatable bonds is 6. The molecule has 2 N–H and O–H groups in total. The van der Waals surface area contributed by atoms with E-state index >= 15 is 0 Å². The van der Waals surface area contributed by atoms with E-state index < -0.39 is 13.3 Å². The van der Waals surface area contributed by atoms with Gasteiger partial charge in [0.25, 0.3) is 0 Å². The normalized spacial score (nSPS) is 19.2. The van der Waals surface area contributed by atoms with Crippen LogP contribution in [0.4, 0.5) is 0 Å². The zero-order valence-corrected chi connectivity index (χ0v) is 21.0. The predicted octanol–water partition coefficient (Wildman–Crippen LogP) is 4.87. The van der Waals surface area contributed by atoms with Crippen LogP contribution >= 0.6 is 0 Å². The first-order valence-corrected chi connectivity index (χ1v) is 13.9. The molecule has 0 bridgehead atoms. The van der Waals surface area contributed by atoms with Crippen LogP contribution in [-0.4, -0.2) is 25.8 Å². The third-order valence-electron chi connectivity index (χ3n) is 7.33. The highest BCUT2D eigenvalue weighted by Gasteiger charge is 2.62. The van der Waals surface area contributed by atoms with Crippen molar-refractivity contribution in [3.8, 4) is 0 Å². The molecule has 1 aliphatic rings. The summed E-state index contributed by atoms with van der Waals surface area (Å²) in [7, 11) is -2.61. The van der Waals surface area contributed by atoms with Gasteiger partial charge in [-0.15, -0.1) is 0 Å². The van der Waals surface area contributed by atoms with Crippen molar-refractivity contribution >= 4 is 24.4 Å². The smallest absolute Gasteiger partial charge is 0.248 e. The molecule has 3 nitrogen and oxygen atoms in total. The molecule has 3 aromatic carbocycles. The van der Waals surface area contributed by atoms with Gasteiger partial charge in [0.15, 0.2) is 8.07 Å². The molecule has 33 heavy (non-hydrogen) atoms. The lowest BCUT2D eigenvalue weighted by Crippen LogP contribution is -2.79. The summed E-state index contributed by atoms with van der Waals surface area (Å²) in [6, 6.07) is 29.8. The highest BCUT2D eigenvalue weighted by Crippen LogP contribution is 2.49. The number of carbonyl (C=O) groups is 1. The first-order chi connectivity index (χ1) is 15.8. The predicted molar refractivity (Wildman–Crippen MR) is 139 cm³/mol. The number of benzene rings is 3. The molecule has 1 heterocycles. The molecule has 1 fully saturated rings. The first-order valence-electron chi connectivity index (χ1n) is 11.9. The number of hydrogen-bond acceptors (Lipinski definition) is 2. The number of amides is 1. The number of nitrogens with two attached hydrogens (primary N) is 1. The zero-order chi connectivity index (χ0) is 23.5. The van der Waals surface area contributed by atoms with E-state index in [1.807, 2.05) is 18.2 Å². The van der Waals surface area contributed by atoms with Gasteiger partial charge in [0.05, 0.1) is 5.22 Å². The zero-order valence-electron chi connectivity index (χ0n) is 20.0. The fraction of sp³-hybridized carbons (Fsp3) is 0.345. The molecule has 0 aromatic heterocycles. The Kier molecular flexibility index (Phi) is 6.60. The van der Waals surface area contributed by atoms with Crippen molar-refractivity contribution in [1.82, 2.24) is 0 Å². The van der Waals surface area contributed by atoms with E-state index in [0.29, 0.717) is 12.0 Å². The van der Waals surface area contributed by atoms with E-state index in [-0.39, 0.29) is 10.9 Å². The van der Waals surface area contributed by atoms with Crippen LogP contribution in [0.25, 0.3) is 0 Å². The Hall–Kier alpha value is -2.69. The van der Waals surface area contributed by atoms with Crippen molar-refractivity contribution in [2.45, 2.75) is 56.7 Å². The maximum Gasteiger partial charge on any atom is 0.248 e. The Morgan fingerprint density at radius 3 is 1.91 bits per heavy atom. The number of primary amides is 1. The molecule has 1 aliphatic heterocycles. The minimum absolute atomic E-state index is 0.0469. The monoisotopic (exact) mass is 457 g/mol. The van der Waals surface area contributed by atoms with Crippen molar-refractivity contribution < 1.29 is 9.53 Å². The molecular formula is C29H35NO2Si. The van der Waals surface area contributed by atoms with Gasteiger partial charge in [0.2, 0.25) is 5.91 Å². The third kappa shape index (κ3) is 4.07. The van der Waals surface area contributed by atoms with E-state index in [4.69, 9.17) is 10.5 Å². The minimum atomic E-state index is -2.61. The molecule has 0 aliphatic carbocycles. The second kappa shape index (κ2) is 9.28. The number of hydrogen-bond donors (Lipinski definition) is 1. The van der Waals surface area contributed by atoms with Gasteiger partial charge in [0, 0.05) is 18.6 Å². The summed E-state index contributed by atoms with van der Waals surface area (Å²) in [5, 5.41) is 2.30. The van der Waals surface area contributed by atoms with Gasteiger partial charge in [-0.1, -0.05) is 110 Å². The Bertz CT molecular complexity index is 1040. The molecule has 0 saturated carbocycles. The lowest BCUT2D eigenvalue weighted by Gasteiger charge is -2.58. The summed E-state index contributed by atoms with van der Waals surface area (Å²) in [5.41, 5.74) is 7.40. The van der Waals surface area contributed by atoms with Gasteiger partial charge in [-0.2, -0.15) is 0 Å². The summed E-state index contributed by atoms with van der Waals surface area (Å²) in [6.45, 7) is 7.86. The summed E-state index contributed by atoms with van der Waals surface area (Å²) in [5.74, 6) is -0.376. The van der Waals surface area contributed by atoms with E-state index in [1.54, 1.807) is 0 Å². The van der Waals surface area contributed by atoms with E-state index in [0.717, 1.165) is 31.4 Å². The van der Waals surface area contributed by atoms with Crippen molar-refractivity contribution in [3.05, 3.63) is 96.1 Å². The molecule has 0 radical (unpaired) electrons. The number of carbonyl (C=O) groups excluding carboxylic acids is 1. The largest absolute Gasteiger partial charge is 0.377 e. The Morgan fingerprint density at radius 2 is 1.42 bits per heavy atom. The van der Waals surface area contributed by atoms with Crippen LogP contribution in [0.3, 0.4) is 0 Å². The van der Waals surface area contributed by atoms with Crippen molar-refractivity contribution in [3.63, 3.8) is 0 Å².